The minimum absolute atomic E-state index is 0.0285. The van der Waals surface area contributed by atoms with E-state index in [9.17, 15) is 4.79 Å². The number of rotatable bonds is 6. The van der Waals surface area contributed by atoms with Crippen molar-refractivity contribution in [2.75, 3.05) is 14.2 Å². The maximum atomic E-state index is 12.9. The van der Waals surface area contributed by atoms with Crippen molar-refractivity contribution in [1.82, 2.24) is 20.3 Å². The van der Waals surface area contributed by atoms with Crippen molar-refractivity contribution < 1.29 is 14.3 Å². The molecule has 0 unspecified atom stereocenters. The Labute approximate surface area is 144 Å². The maximum Gasteiger partial charge on any atom is 0.322 e. The molecule has 0 aliphatic heterocycles. The summed E-state index contributed by atoms with van der Waals surface area (Å²) >= 11 is 1.64. The summed E-state index contributed by atoms with van der Waals surface area (Å²) < 4.78 is 10.1. The van der Waals surface area contributed by atoms with Crippen LogP contribution in [0.1, 0.15) is 36.4 Å². The Balaban J connectivity index is 1.75. The van der Waals surface area contributed by atoms with Gasteiger partial charge in [-0.05, 0) is 24.3 Å². The maximum absolute atomic E-state index is 12.9. The number of methoxy groups -OCH3 is 2. The van der Waals surface area contributed by atoms with Gasteiger partial charge in [0.1, 0.15) is 0 Å². The minimum atomic E-state index is -0.421. The van der Waals surface area contributed by atoms with E-state index in [4.69, 9.17) is 9.47 Å². The quantitative estimate of drug-likeness (QED) is 0.860. The smallest absolute Gasteiger partial charge is 0.322 e. The lowest BCUT2D eigenvalue weighted by molar-refractivity contribution is -0.126. The predicted molar refractivity (Wildman–Crippen MR) is 89.2 cm³/mol. The van der Waals surface area contributed by atoms with E-state index in [1.807, 2.05) is 17.5 Å². The number of amides is 1. The third-order valence-electron chi connectivity index (χ3n) is 4.30. The second kappa shape index (κ2) is 7.12. The normalized spacial score (nSPS) is 15.9. The third-order valence-corrected chi connectivity index (χ3v) is 5.37. The molecule has 0 radical (unpaired) electrons. The molecule has 0 saturated heterocycles. The molecule has 2 aromatic heterocycles. The van der Waals surface area contributed by atoms with Crippen LogP contribution in [-0.4, -0.2) is 35.1 Å². The van der Waals surface area contributed by atoms with E-state index in [0.29, 0.717) is 5.82 Å². The second-order valence-electron chi connectivity index (χ2n) is 5.67. The average Bonchev–Trinajstić information content (AvgIpc) is 3.30. The Morgan fingerprint density at radius 1 is 1.21 bits per heavy atom. The molecule has 3 rings (SSSR count). The summed E-state index contributed by atoms with van der Waals surface area (Å²) in [5.74, 6) is 0.437. The summed E-state index contributed by atoms with van der Waals surface area (Å²) in [7, 11) is 2.95. The van der Waals surface area contributed by atoms with E-state index in [0.717, 1.165) is 30.6 Å². The first-order chi connectivity index (χ1) is 11.7. The van der Waals surface area contributed by atoms with Crippen LogP contribution in [0.3, 0.4) is 0 Å². The van der Waals surface area contributed by atoms with Gasteiger partial charge in [-0.3, -0.25) is 4.79 Å². The fraction of sp³-hybridized carbons (Fsp3) is 0.500. The highest BCUT2D eigenvalue weighted by atomic mass is 32.1. The summed E-state index contributed by atoms with van der Waals surface area (Å²) in [5, 5.41) is 4.99. The molecule has 1 amide bonds. The van der Waals surface area contributed by atoms with Gasteiger partial charge in [0.25, 0.3) is 0 Å². The number of carbonyl (C=O) groups is 1. The van der Waals surface area contributed by atoms with Crippen LogP contribution in [0.2, 0.25) is 0 Å². The number of hydrogen-bond acceptors (Lipinski definition) is 7. The van der Waals surface area contributed by atoms with Crippen molar-refractivity contribution >= 4 is 17.2 Å². The second-order valence-corrected chi connectivity index (χ2v) is 6.62. The molecule has 128 valence electrons. The Morgan fingerprint density at radius 3 is 2.42 bits per heavy atom. The lowest BCUT2D eigenvalue weighted by Crippen LogP contribution is -2.42. The Morgan fingerprint density at radius 2 is 1.88 bits per heavy atom. The number of nitrogens with zero attached hydrogens (tertiary/aromatic N) is 3. The van der Waals surface area contributed by atoms with Crippen molar-refractivity contribution in [3.05, 3.63) is 28.2 Å². The first kappa shape index (κ1) is 16.6. The molecule has 0 atom stereocenters. The number of ether oxygens (including phenoxy) is 2. The van der Waals surface area contributed by atoms with Crippen molar-refractivity contribution in [1.29, 1.82) is 0 Å². The first-order valence-electron chi connectivity index (χ1n) is 7.83. The standard InChI is InChI=1S/C16H20N4O3S/c1-22-14-18-12(19-15(20-14)23-2)10-17-13(21)16(7-3-4-8-16)11-6-5-9-24-11/h5-6,9H,3-4,7-8,10H2,1-2H3,(H,17,21). The van der Waals surface area contributed by atoms with Crippen molar-refractivity contribution in [3.63, 3.8) is 0 Å². The summed E-state index contributed by atoms with van der Waals surface area (Å²) in [6, 6.07) is 4.37. The van der Waals surface area contributed by atoms with E-state index in [-0.39, 0.29) is 24.5 Å². The van der Waals surface area contributed by atoms with Crippen LogP contribution in [0.25, 0.3) is 0 Å². The number of nitrogens with one attached hydrogen (secondary N) is 1. The molecule has 1 aliphatic rings. The highest BCUT2D eigenvalue weighted by Crippen LogP contribution is 2.43. The predicted octanol–water partition coefficient (Wildman–Crippen LogP) is 2.08. The van der Waals surface area contributed by atoms with E-state index in [1.165, 1.54) is 14.2 Å². The summed E-state index contributed by atoms with van der Waals surface area (Å²) in [6.45, 7) is 0.210. The van der Waals surface area contributed by atoms with E-state index < -0.39 is 5.41 Å². The monoisotopic (exact) mass is 348 g/mol. The topological polar surface area (TPSA) is 86.2 Å². The zero-order chi connectivity index (χ0) is 17.0. The van der Waals surface area contributed by atoms with E-state index >= 15 is 0 Å². The third kappa shape index (κ3) is 3.19. The van der Waals surface area contributed by atoms with Crippen molar-refractivity contribution in [2.45, 2.75) is 37.6 Å². The number of thiophene rings is 1. The van der Waals surface area contributed by atoms with Crippen LogP contribution in [-0.2, 0) is 16.8 Å². The zero-order valence-corrected chi connectivity index (χ0v) is 14.6. The fourth-order valence-electron chi connectivity index (χ4n) is 3.08. The van der Waals surface area contributed by atoms with Gasteiger partial charge in [0.2, 0.25) is 5.91 Å². The van der Waals surface area contributed by atoms with Gasteiger partial charge in [0, 0.05) is 4.88 Å². The summed E-state index contributed by atoms with van der Waals surface area (Å²) in [6.07, 6.45) is 3.89. The van der Waals surface area contributed by atoms with Crippen molar-refractivity contribution in [3.8, 4) is 12.0 Å². The lowest BCUT2D eigenvalue weighted by Gasteiger charge is -2.26. The largest absolute Gasteiger partial charge is 0.467 e. The Kier molecular flexibility index (Phi) is 4.94. The molecule has 1 saturated carbocycles. The van der Waals surface area contributed by atoms with E-state index in [2.05, 4.69) is 20.3 Å². The van der Waals surface area contributed by atoms with Gasteiger partial charge < -0.3 is 14.8 Å². The van der Waals surface area contributed by atoms with Gasteiger partial charge in [0.05, 0.1) is 26.2 Å². The number of carbonyl (C=O) groups excluding carboxylic acids is 1. The molecule has 8 heteroatoms. The van der Waals surface area contributed by atoms with Gasteiger partial charge in [-0.1, -0.05) is 18.9 Å². The van der Waals surface area contributed by atoms with Crippen LogP contribution in [0.5, 0.6) is 12.0 Å². The van der Waals surface area contributed by atoms with Gasteiger partial charge >= 0.3 is 12.0 Å². The Bertz CT molecular complexity index is 677. The fourth-order valence-corrected chi connectivity index (χ4v) is 4.07. The zero-order valence-electron chi connectivity index (χ0n) is 13.7. The van der Waals surface area contributed by atoms with Crippen molar-refractivity contribution in [2.24, 2.45) is 0 Å². The lowest BCUT2D eigenvalue weighted by atomic mass is 9.83. The van der Waals surface area contributed by atoms with Gasteiger partial charge in [-0.25, -0.2) is 0 Å². The van der Waals surface area contributed by atoms with E-state index in [1.54, 1.807) is 11.3 Å². The highest BCUT2D eigenvalue weighted by Gasteiger charge is 2.43. The molecule has 0 spiro atoms. The van der Waals surface area contributed by atoms with Crippen LogP contribution in [0.4, 0.5) is 0 Å². The van der Waals surface area contributed by atoms with Crippen LogP contribution in [0, 0.1) is 0 Å². The summed E-state index contributed by atoms with van der Waals surface area (Å²) in [5.41, 5.74) is -0.421. The highest BCUT2D eigenvalue weighted by molar-refractivity contribution is 7.10. The molecule has 0 aromatic carbocycles. The van der Waals surface area contributed by atoms with Crippen LogP contribution < -0.4 is 14.8 Å². The molecule has 24 heavy (non-hydrogen) atoms. The van der Waals surface area contributed by atoms with Gasteiger partial charge in [0.15, 0.2) is 5.82 Å². The molecule has 2 heterocycles. The van der Waals surface area contributed by atoms with Gasteiger partial charge in [-0.2, -0.15) is 9.97 Å². The molecule has 1 fully saturated rings. The van der Waals surface area contributed by atoms with Gasteiger partial charge in [-0.15, -0.1) is 16.3 Å². The molecule has 1 aliphatic carbocycles. The minimum Gasteiger partial charge on any atom is -0.467 e. The molecular weight excluding hydrogens is 328 g/mol. The van der Waals surface area contributed by atoms with Crippen LogP contribution >= 0.6 is 11.3 Å². The first-order valence-corrected chi connectivity index (χ1v) is 8.71. The van der Waals surface area contributed by atoms with Crippen LogP contribution in [0.15, 0.2) is 17.5 Å². The molecule has 7 nitrogen and oxygen atoms in total. The Hall–Kier alpha value is -2.22. The molecular formula is C16H20N4O3S. The molecule has 0 bridgehead atoms. The molecule has 1 N–H and O–H groups in total. The SMILES string of the molecule is COc1nc(CNC(=O)C2(c3cccs3)CCCC2)nc(OC)n1. The number of aromatic nitrogens is 3. The average molecular weight is 348 g/mol. The molecule has 2 aromatic rings. The number of hydrogen-bond donors (Lipinski definition) is 1. The summed E-state index contributed by atoms with van der Waals surface area (Å²) in [4.78, 5) is 26.3.